The van der Waals surface area contributed by atoms with Crippen LogP contribution in [0.3, 0.4) is 0 Å². The van der Waals surface area contributed by atoms with Gasteiger partial charge in [0.2, 0.25) is 0 Å². The highest BCUT2D eigenvalue weighted by Crippen LogP contribution is 2.32. The van der Waals surface area contributed by atoms with E-state index in [1.165, 1.54) is 38.8 Å². The minimum absolute atomic E-state index is 1.14. The van der Waals surface area contributed by atoms with Gasteiger partial charge in [-0.1, -0.05) is 0 Å². The molecule has 1 heteroatoms. The van der Waals surface area contributed by atoms with E-state index in [1.54, 1.807) is 22.3 Å². The van der Waals surface area contributed by atoms with Gasteiger partial charge in [-0.3, -0.25) is 0 Å². The lowest BCUT2D eigenvalue weighted by Crippen LogP contribution is -2.32. The number of benzene rings is 1. The fourth-order valence-electron chi connectivity index (χ4n) is 3.16. The molecule has 0 bridgehead atoms. The summed E-state index contributed by atoms with van der Waals surface area (Å²) in [7, 11) is 4.66. The van der Waals surface area contributed by atoms with Crippen LogP contribution in [0.4, 0.5) is 0 Å². The standard InChI is InChI=1S/C14H20N/c1-15(2)9-13-7-11-5-3-4-6-12(11)8-14(13)10-15/h7-8H,3-6,9-10H2,1-2H3/q+1. The summed E-state index contributed by atoms with van der Waals surface area (Å²) in [5.41, 5.74) is 6.50. The van der Waals surface area contributed by atoms with E-state index in [9.17, 15) is 0 Å². The molecule has 0 fully saturated rings. The zero-order valence-electron chi connectivity index (χ0n) is 9.84. The lowest BCUT2D eigenvalue weighted by atomic mass is 9.89. The van der Waals surface area contributed by atoms with Crippen molar-refractivity contribution < 1.29 is 4.48 Å². The maximum absolute atomic E-state index is 2.50. The van der Waals surface area contributed by atoms with Gasteiger partial charge in [0.15, 0.2) is 0 Å². The van der Waals surface area contributed by atoms with E-state index in [1.807, 2.05) is 0 Å². The SMILES string of the molecule is C[N+]1(C)Cc2cc3c(cc2C1)CCCC3. The van der Waals surface area contributed by atoms with Crippen LogP contribution in [0, 0.1) is 0 Å². The Hall–Kier alpha value is -0.820. The van der Waals surface area contributed by atoms with Crippen molar-refractivity contribution >= 4 is 0 Å². The summed E-state index contributed by atoms with van der Waals surface area (Å²) in [4.78, 5) is 0. The summed E-state index contributed by atoms with van der Waals surface area (Å²) in [6.45, 7) is 2.45. The number of hydrogen-bond donors (Lipinski definition) is 0. The second kappa shape index (κ2) is 3.08. The maximum atomic E-state index is 2.50. The Morgan fingerprint density at radius 3 is 1.73 bits per heavy atom. The molecule has 0 radical (unpaired) electrons. The lowest BCUT2D eigenvalue weighted by Gasteiger charge is -2.22. The zero-order chi connectivity index (χ0) is 10.5. The average molecular weight is 202 g/mol. The molecule has 1 heterocycles. The van der Waals surface area contributed by atoms with Gasteiger partial charge in [0, 0.05) is 11.1 Å². The van der Waals surface area contributed by atoms with Crippen molar-refractivity contribution in [2.24, 2.45) is 0 Å². The zero-order valence-corrected chi connectivity index (χ0v) is 9.84. The van der Waals surface area contributed by atoms with Gasteiger partial charge in [-0.05, 0) is 48.9 Å². The third kappa shape index (κ3) is 1.59. The quantitative estimate of drug-likeness (QED) is 0.567. The number of aryl methyl sites for hydroxylation is 2. The first kappa shape index (κ1) is 9.41. The van der Waals surface area contributed by atoms with Gasteiger partial charge in [0.1, 0.15) is 13.1 Å². The number of rotatable bonds is 0. The molecule has 1 nitrogen and oxygen atoms in total. The van der Waals surface area contributed by atoms with Gasteiger partial charge in [-0.15, -0.1) is 0 Å². The van der Waals surface area contributed by atoms with Crippen molar-refractivity contribution in [2.45, 2.75) is 38.8 Å². The van der Waals surface area contributed by atoms with Crippen LogP contribution in [0.15, 0.2) is 12.1 Å². The molecule has 3 rings (SSSR count). The molecule has 0 saturated heterocycles. The normalized spacial score (nSPS) is 22.3. The van der Waals surface area contributed by atoms with E-state index in [4.69, 9.17) is 0 Å². The summed E-state index contributed by atoms with van der Waals surface area (Å²) in [5.74, 6) is 0. The molecular weight excluding hydrogens is 182 g/mol. The van der Waals surface area contributed by atoms with Gasteiger partial charge >= 0.3 is 0 Å². The Bertz CT molecular complexity index is 367. The highest BCUT2D eigenvalue weighted by atomic mass is 15.3. The molecule has 80 valence electrons. The fourth-order valence-corrected chi connectivity index (χ4v) is 3.16. The summed E-state index contributed by atoms with van der Waals surface area (Å²) in [5, 5.41) is 0. The van der Waals surface area contributed by atoms with Crippen molar-refractivity contribution in [3.8, 4) is 0 Å². The third-order valence-electron chi connectivity index (χ3n) is 3.86. The van der Waals surface area contributed by atoms with Gasteiger partial charge in [-0.2, -0.15) is 0 Å². The Balaban J connectivity index is 2.05. The van der Waals surface area contributed by atoms with Crippen LogP contribution < -0.4 is 0 Å². The number of nitrogens with zero attached hydrogens (tertiary/aromatic N) is 1. The van der Waals surface area contributed by atoms with Crippen molar-refractivity contribution in [1.29, 1.82) is 0 Å². The van der Waals surface area contributed by atoms with Gasteiger partial charge in [0.25, 0.3) is 0 Å². The highest BCUT2D eigenvalue weighted by Gasteiger charge is 2.28. The van der Waals surface area contributed by atoms with Crippen molar-refractivity contribution in [1.82, 2.24) is 0 Å². The van der Waals surface area contributed by atoms with Crippen LogP contribution in [-0.2, 0) is 25.9 Å². The molecule has 0 atom stereocenters. The first-order chi connectivity index (χ1) is 7.14. The Morgan fingerprint density at radius 1 is 0.800 bits per heavy atom. The van der Waals surface area contributed by atoms with Crippen LogP contribution in [-0.4, -0.2) is 18.6 Å². The smallest absolute Gasteiger partial charge is 0.105 e. The molecule has 0 aromatic heterocycles. The number of fused-ring (bicyclic) bond motifs is 2. The van der Waals surface area contributed by atoms with Crippen molar-refractivity contribution in [3.05, 3.63) is 34.4 Å². The largest absolute Gasteiger partial charge is 0.321 e. The topological polar surface area (TPSA) is 0 Å². The second-order valence-electron chi connectivity index (χ2n) is 5.85. The monoisotopic (exact) mass is 202 g/mol. The van der Waals surface area contributed by atoms with E-state index in [0.29, 0.717) is 0 Å². The highest BCUT2D eigenvalue weighted by molar-refractivity contribution is 5.40. The number of quaternary nitrogens is 1. The fraction of sp³-hybridized carbons (Fsp3) is 0.571. The molecule has 1 aliphatic heterocycles. The van der Waals surface area contributed by atoms with E-state index in [-0.39, 0.29) is 0 Å². The summed E-state index contributed by atoms with van der Waals surface area (Å²) in [6, 6.07) is 4.99. The van der Waals surface area contributed by atoms with Crippen molar-refractivity contribution in [3.63, 3.8) is 0 Å². The van der Waals surface area contributed by atoms with Crippen LogP contribution >= 0.6 is 0 Å². The Labute approximate surface area is 92.3 Å². The maximum Gasteiger partial charge on any atom is 0.105 e. The molecule has 0 saturated carbocycles. The summed E-state index contributed by atoms with van der Waals surface area (Å²) >= 11 is 0. The van der Waals surface area contributed by atoms with E-state index < -0.39 is 0 Å². The predicted molar refractivity (Wildman–Crippen MR) is 62.6 cm³/mol. The third-order valence-corrected chi connectivity index (χ3v) is 3.86. The Morgan fingerprint density at radius 2 is 1.27 bits per heavy atom. The molecule has 0 unspecified atom stereocenters. The second-order valence-corrected chi connectivity index (χ2v) is 5.85. The van der Waals surface area contributed by atoms with Crippen LogP contribution in [0.5, 0.6) is 0 Å². The van der Waals surface area contributed by atoms with Crippen molar-refractivity contribution in [2.75, 3.05) is 14.1 Å². The molecule has 15 heavy (non-hydrogen) atoms. The van der Waals surface area contributed by atoms with Gasteiger partial charge in [-0.25, -0.2) is 0 Å². The van der Waals surface area contributed by atoms with E-state index in [0.717, 1.165) is 4.48 Å². The molecule has 0 spiro atoms. The predicted octanol–water partition coefficient (Wildman–Crippen LogP) is 2.66. The first-order valence-corrected chi connectivity index (χ1v) is 6.10. The average Bonchev–Trinajstić information content (AvgIpc) is 2.46. The first-order valence-electron chi connectivity index (χ1n) is 6.10. The molecule has 1 aromatic carbocycles. The lowest BCUT2D eigenvalue weighted by molar-refractivity contribution is -0.910. The molecular formula is C14H20N+. The minimum atomic E-state index is 1.14. The van der Waals surface area contributed by atoms with Gasteiger partial charge in [0.05, 0.1) is 14.1 Å². The van der Waals surface area contributed by atoms with Gasteiger partial charge < -0.3 is 4.48 Å². The number of hydrogen-bond acceptors (Lipinski definition) is 0. The molecule has 0 amide bonds. The minimum Gasteiger partial charge on any atom is -0.321 e. The summed E-state index contributed by atoms with van der Waals surface area (Å²) < 4.78 is 1.14. The van der Waals surface area contributed by atoms with E-state index in [2.05, 4.69) is 26.2 Å². The molecule has 1 aliphatic carbocycles. The Kier molecular flexibility index (Phi) is 1.93. The molecule has 1 aromatic rings. The summed E-state index contributed by atoms with van der Waals surface area (Å²) in [6.07, 6.45) is 5.42. The van der Waals surface area contributed by atoms with Crippen LogP contribution in [0.25, 0.3) is 0 Å². The molecule has 2 aliphatic rings. The van der Waals surface area contributed by atoms with Crippen LogP contribution in [0.1, 0.15) is 35.1 Å². The van der Waals surface area contributed by atoms with E-state index >= 15 is 0 Å². The van der Waals surface area contributed by atoms with Crippen LogP contribution in [0.2, 0.25) is 0 Å². The molecule has 0 N–H and O–H groups in total.